The summed E-state index contributed by atoms with van der Waals surface area (Å²) in [5.41, 5.74) is 0. The largest absolute Gasteiger partial charge is 0.477 e. The van der Waals surface area contributed by atoms with E-state index in [2.05, 4.69) is 5.32 Å². The van der Waals surface area contributed by atoms with Crippen LogP contribution in [0.3, 0.4) is 0 Å². The van der Waals surface area contributed by atoms with Gasteiger partial charge in [-0.3, -0.25) is 4.79 Å². The molecule has 1 unspecified atom stereocenters. The Balaban J connectivity index is 1.36. The number of carbonyl (C=O) groups is 2. The van der Waals surface area contributed by atoms with Gasteiger partial charge in [0.05, 0.1) is 32.5 Å². The first-order valence-corrected chi connectivity index (χ1v) is 20.0. The number of hydrogen-bond acceptors (Lipinski definition) is 26. The van der Waals surface area contributed by atoms with Crippen molar-refractivity contribution < 1.29 is 133 Å². The van der Waals surface area contributed by atoms with Crippen molar-refractivity contribution >= 4 is 11.9 Å². The van der Waals surface area contributed by atoms with E-state index in [1.54, 1.807) is 0 Å². The zero-order chi connectivity index (χ0) is 46.4. The van der Waals surface area contributed by atoms with Crippen LogP contribution < -0.4 is 5.32 Å². The molecule has 28 nitrogen and oxygen atoms in total. The van der Waals surface area contributed by atoms with Gasteiger partial charge in [0.25, 0.3) is 5.79 Å². The van der Waals surface area contributed by atoms with E-state index in [0.717, 1.165) is 13.8 Å². The Morgan fingerprint density at radius 3 is 1.62 bits per heavy atom. The van der Waals surface area contributed by atoms with Crippen LogP contribution >= 0.6 is 0 Å². The Labute approximate surface area is 356 Å². The third-order valence-corrected chi connectivity index (χ3v) is 11.7. The molecule has 0 aromatic carbocycles. The smallest absolute Gasteiger partial charge is 0.364 e. The number of aliphatic carboxylic acids is 1. The fourth-order valence-electron chi connectivity index (χ4n) is 8.24. The predicted molar refractivity (Wildman–Crippen MR) is 190 cm³/mol. The topological polar surface area (TPSA) is 431 Å². The van der Waals surface area contributed by atoms with Crippen LogP contribution in [-0.2, 0) is 61.7 Å². The van der Waals surface area contributed by atoms with Crippen molar-refractivity contribution in [3.63, 3.8) is 0 Å². The average Bonchev–Trinajstić information content (AvgIpc) is 3.62. The van der Waals surface area contributed by atoms with Crippen LogP contribution in [0.1, 0.15) is 20.8 Å². The maximum absolute atomic E-state index is 12.8. The molecule has 0 bridgehead atoms. The third-order valence-electron chi connectivity index (χ3n) is 11.7. The number of fused-ring (bicyclic) bond motifs is 1. The molecule has 0 spiro atoms. The minimum absolute atomic E-state index is 0.821. The van der Waals surface area contributed by atoms with Crippen molar-refractivity contribution in [1.82, 2.24) is 5.32 Å². The van der Waals surface area contributed by atoms with E-state index in [1.807, 2.05) is 0 Å². The van der Waals surface area contributed by atoms with Crippen molar-refractivity contribution in [1.29, 1.82) is 0 Å². The molecule has 6 aliphatic heterocycles. The molecule has 28 heteroatoms. The number of carboxylic acid groups (broad SMARTS) is 1. The number of aliphatic hydroxyl groups is 13. The van der Waals surface area contributed by atoms with Gasteiger partial charge in [-0.1, -0.05) is 0 Å². The fourth-order valence-corrected chi connectivity index (χ4v) is 8.24. The lowest BCUT2D eigenvalue weighted by atomic mass is 9.94. The van der Waals surface area contributed by atoms with Crippen molar-refractivity contribution in [3.05, 3.63) is 0 Å². The normalized spacial score (nSPS) is 51.7. The van der Waals surface area contributed by atoms with E-state index in [1.165, 1.54) is 6.92 Å². The molecule has 364 valence electrons. The first kappa shape index (κ1) is 50.4. The summed E-state index contributed by atoms with van der Waals surface area (Å²) >= 11 is 0. The van der Waals surface area contributed by atoms with E-state index in [0.29, 0.717) is 0 Å². The number of rotatable bonds is 14. The standard InChI is InChI=1S/C35H57NO27/c1-8-15(42)18(45)21(48)31(53-8)61-28-26(17(44)11(5-38)56-33(28)58-23-12(6-39)54-29(50)20(47)19(23)46)60-30-14(36-9(2)41)25(16(43)10(4-37)55-30)59-32-22(49)27-24(13(7-40)57-32)62-35(3,63-27)34(51)52/h8,10-33,37-40,42-50H,4-7H2,1-3H3,(H,36,41)(H,51,52)/t8-,10+,11+,12+,13+,14+,15+,16-,17-,18+,19+,20+,21-,22+,23+,24-,25+,26-,27+,28+,29+,30+,31-,32-,33-,35?/m0/s1. The molecule has 15 N–H and O–H groups in total. The Bertz CT molecular complexity index is 1530. The number of carbonyl (C=O) groups excluding carboxylic acids is 1. The van der Waals surface area contributed by atoms with Gasteiger partial charge in [-0.25, -0.2) is 4.79 Å². The lowest BCUT2D eigenvalue weighted by molar-refractivity contribution is -0.402. The van der Waals surface area contributed by atoms with Crippen LogP contribution in [0, 0.1) is 0 Å². The first-order chi connectivity index (χ1) is 29.7. The predicted octanol–water partition coefficient (Wildman–Crippen LogP) is -9.89. The summed E-state index contributed by atoms with van der Waals surface area (Å²) in [6.45, 7) is -0.369. The highest BCUT2D eigenvalue weighted by atomic mass is 16.8. The van der Waals surface area contributed by atoms with E-state index < -0.39 is 198 Å². The second kappa shape index (κ2) is 20.5. The SMILES string of the molecule is CC(=O)N[C@H]1[C@@H](O[C@H]2[C@@H](O)[C@@H](CO)O[C@@H](O[C@H]3[C@H](O)[C@@H](O)[C@H](O)O[C@@H]3CO)[C@@H]2O[C@@H]2O[C@@H](C)[C@@H](O)[C@@H](O)[C@@H]2O)O[C@H](CO)[C@H](O)[C@@H]1O[C@@H]1O[C@H](CO)[C@@H]2OC(C)(C(=O)O)O[C@@H]2[C@H]1O. The number of nitrogens with one attached hydrogen (secondary N) is 1. The Morgan fingerprint density at radius 2 is 1.03 bits per heavy atom. The lowest BCUT2D eigenvalue weighted by Gasteiger charge is -2.51. The van der Waals surface area contributed by atoms with Gasteiger partial charge >= 0.3 is 5.97 Å². The summed E-state index contributed by atoms with van der Waals surface area (Å²) in [6, 6.07) is -1.74. The molecule has 6 fully saturated rings. The summed E-state index contributed by atoms with van der Waals surface area (Å²) < 4.78 is 63.5. The van der Waals surface area contributed by atoms with Gasteiger partial charge in [0.15, 0.2) is 31.5 Å². The van der Waals surface area contributed by atoms with Crippen molar-refractivity contribution in [2.75, 3.05) is 26.4 Å². The van der Waals surface area contributed by atoms with Gasteiger partial charge in [-0.2, -0.15) is 0 Å². The van der Waals surface area contributed by atoms with Crippen LogP contribution in [0.4, 0.5) is 0 Å². The molecule has 0 aliphatic carbocycles. The average molecular weight is 924 g/mol. The fraction of sp³-hybridized carbons (Fsp3) is 0.943. The van der Waals surface area contributed by atoms with Crippen molar-refractivity contribution in [3.8, 4) is 0 Å². The molecule has 0 radical (unpaired) electrons. The van der Waals surface area contributed by atoms with Gasteiger partial charge in [0.1, 0.15) is 116 Å². The van der Waals surface area contributed by atoms with Gasteiger partial charge in [-0.05, 0) is 6.92 Å². The minimum atomic E-state index is -2.30. The maximum Gasteiger partial charge on any atom is 0.364 e. The molecule has 0 saturated carbocycles. The molecule has 6 heterocycles. The molecule has 0 aromatic rings. The second-order valence-corrected chi connectivity index (χ2v) is 16.1. The summed E-state index contributed by atoms with van der Waals surface area (Å²) in [6.07, 6.45) is -43.4. The number of ether oxygens (including phenoxy) is 11. The molecule has 26 atom stereocenters. The van der Waals surface area contributed by atoms with Crippen LogP contribution in [0.2, 0.25) is 0 Å². The highest BCUT2D eigenvalue weighted by Gasteiger charge is 2.62. The van der Waals surface area contributed by atoms with Crippen LogP contribution in [-0.4, -0.2) is 269 Å². The summed E-state index contributed by atoms with van der Waals surface area (Å²) in [5.74, 6) is -4.71. The second-order valence-electron chi connectivity index (χ2n) is 16.1. The molecule has 1 amide bonds. The molecule has 63 heavy (non-hydrogen) atoms. The quantitative estimate of drug-likeness (QED) is 0.0769. The molecule has 6 rings (SSSR count). The Morgan fingerprint density at radius 1 is 0.524 bits per heavy atom. The zero-order valence-corrected chi connectivity index (χ0v) is 33.8. The van der Waals surface area contributed by atoms with E-state index >= 15 is 0 Å². The van der Waals surface area contributed by atoms with Crippen LogP contribution in [0.15, 0.2) is 0 Å². The highest BCUT2D eigenvalue weighted by Crippen LogP contribution is 2.41. The lowest BCUT2D eigenvalue weighted by Crippen LogP contribution is -2.70. The molecular weight excluding hydrogens is 866 g/mol. The molecule has 6 saturated heterocycles. The van der Waals surface area contributed by atoms with E-state index in [4.69, 9.17) is 52.1 Å². The third kappa shape index (κ3) is 10.0. The highest BCUT2D eigenvalue weighted by molar-refractivity contribution is 5.75. The summed E-state index contributed by atoms with van der Waals surface area (Å²) in [7, 11) is 0. The minimum Gasteiger partial charge on any atom is -0.477 e. The van der Waals surface area contributed by atoms with E-state index in [9.17, 15) is 81.1 Å². The number of amides is 1. The van der Waals surface area contributed by atoms with Gasteiger partial charge in [0, 0.05) is 13.8 Å². The number of aliphatic hydroxyl groups excluding tert-OH is 13. The van der Waals surface area contributed by atoms with Gasteiger partial charge in [-0.15, -0.1) is 0 Å². The number of hydrogen-bond donors (Lipinski definition) is 15. The van der Waals surface area contributed by atoms with Gasteiger partial charge in [0.2, 0.25) is 5.91 Å². The monoisotopic (exact) mass is 923 g/mol. The first-order valence-electron chi connectivity index (χ1n) is 20.0. The molecular formula is C35H57NO27. The van der Waals surface area contributed by atoms with Gasteiger partial charge < -0.3 is 129 Å². The summed E-state index contributed by atoms with van der Waals surface area (Å²) in [5, 5.41) is 151. The Hall–Kier alpha value is -2.02. The molecule has 6 aliphatic rings. The zero-order valence-electron chi connectivity index (χ0n) is 33.8. The summed E-state index contributed by atoms with van der Waals surface area (Å²) in [4.78, 5) is 24.7. The van der Waals surface area contributed by atoms with E-state index in [-0.39, 0.29) is 0 Å². The van der Waals surface area contributed by atoms with Crippen molar-refractivity contribution in [2.24, 2.45) is 0 Å². The molecule has 0 aromatic heterocycles. The van der Waals surface area contributed by atoms with Crippen LogP contribution in [0.25, 0.3) is 0 Å². The van der Waals surface area contributed by atoms with Crippen LogP contribution in [0.5, 0.6) is 0 Å². The number of carboxylic acids is 1. The maximum atomic E-state index is 12.8. The van der Waals surface area contributed by atoms with Crippen molar-refractivity contribution in [2.45, 2.75) is 180 Å². The Kier molecular flexibility index (Phi) is 16.4.